The summed E-state index contributed by atoms with van der Waals surface area (Å²) in [5.74, 6) is -1.04. The molecule has 0 saturated carbocycles. The minimum atomic E-state index is -4.67. The van der Waals surface area contributed by atoms with Crippen molar-refractivity contribution in [3.05, 3.63) is 76.2 Å². The number of carbonyl (C=O) groups is 2. The maximum Gasteiger partial charge on any atom is 0.433 e. The van der Waals surface area contributed by atoms with Crippen molar-refractivity contribution in [2.75, 3.05) is 11.8 Å². The first kappa shape index (κ1) is 26.1. The molecule has 1 aromatic carbocycles. The average molecular weight is 510 g/mol. The monoisotopic (exact) mass is 509 g/mol. The van der Waals surface area contributed by atoms with Gasteiger partial charge in [0.05, 0.1) is 5.56 Å². The number of rotatable bonds is 7. The number of nitrogens with one attached hydrogen (secondary N) is 1. The highest BCUT2D eigenvalue weighted by atomic mass is 32.1. The van der Waals surface area contributed by atoms with Crippen LogP contribution in [0.3, 0.4) is 0 Å². The number of ether oxygens (including phenoxy) is 1. The van der Waals surface area contributed by atoms with Crippen LogP contribution < -0.4 is 15.0 Å². The third kappa shape index (κ3) is 6.56. The van der Waals surface area contributed by atoms with Gasteiger partial charge in [-0.05, 0) is 79.6 Å². The third-order valence-electron chi connectivity index (χ3n) is 4.72. The number of halogens is 4. The number of benzene rings is 1. The molecule has 11 heteroatoms. The van der Waals surface area contributed by atoms with Gasteiger partial charge >= 0.3 is 6.18 Å². The summed E-state index contributed by atoms with van der Waals surface area (Å²) < 4.78 is 56.3. The molecule has 3 aromatic rings. The minimum Gasteiger partial charge on any atom is -0.463 e. The highest BCUT2D eigenvalue weighted by Gasteiger charge is 2.36. The van der Waals surface area contributed by atoms with Crippen LogP contribution >= 0.6 is 11.3 Å². The number of thiophene rings is 1. The van der Waals surface area contributed by atoms with Crippen LogP contribution in [0.2, 0.25) is 0 Å². The molecule has 0 radical (unpaired) electrons. The second-order valence-electron chi connectivity index (χ2n) is 8.55. The molecule has 2 heterocycles. The molecule has 0 aliphatic carbocycles. The van der Waals surface area contributed by atoms with Crippen LogP contribution in [0.15, 0.2) is 59.4 Å². The van der Waals surface area contributed by atoms with Crippen LogP contribution in [-0.2, 0) is 11.0 Å². The van der Waals surface area contributed by atoms with Crippen molar-refractivity contribution < 1.29 is 31.9 Å². The van der Waals surface area contributed by atoms with Gasteiger partial charge in [-0.2, -0.15) is 24.5 Å². The standard InChI is InChI=1S/C24H23F4N3O3S/c1-23(2,3)30-21(32)20(16-10-11-35-13-16)31(17-5-7-18(8-6-17)34-14-25)22(33)15-4-9-19(29-12-15)24(26,27)28/h4-13,20H,14H2,1-3H3,(H,30,32). The van der Waals surface area contributed by atoms with E-state index >= 15 is 0 Å². The van der Waals surface area contributed by atoms with Crippen molar-refractivity contribution in [3.8, 4) is 5.75 Å². The molecule has 0 fully saturated rings. The van der Waals surface area contributed by atoms with Gasteiger partial charge in [-0.3, -0.25) is 19.5 Å². The van der Waals surface area contributed by atoms with Gasteiger partial charge in [-0.25, -0.2) is 4.39 Å². The summed E-state index contributed by atoms with van der Waals surface area (Å²) in [6.07, 6.45) is -3.84. The number of alkyl halides is 4. The van der Waals surface area contributed by atoms with Gasteiger partial charge in [0.15, 0.2) is 0 Å². The average Bonchev–Trinajstić information content (AvgIpc) is 3.30. The number of pyridine rings is 1. The van der Waals surface area contributed by atoms with Gasteiger partial charge in [0, 0.05) is 17.4 Å². The largest absolute Gasteiger partial charge is 0.463 e. The van der Waals surface area contributed by atoms with Crippen molar-refractivity contribution in [2.45, 2.75) is 38.5 Å². The van der Waals surface area contributed by atoms with E-state index in [1.54, 1.807) is 37.6 Å². The van der Waals surface area contributed by atoms with Crippen molar-refractivity contribution in [1.82, 2.24) is 10.3 Å². The first-order valence-corrected chi connectivity index (χ1v) is 11.3. The zero-order chi connectivity index (χ0) is 25.8. The Labute approximate surface area is 203 Å². The molecule has 1 atom stereocenters. The van der Waals surface area contributed by atoms with Gasteiger partial charge in [0.2, 0.25) is 12.8 Å². The molecule has 35 heavy (non-hydrogen) atoms. The van der Waals surface area contributed by atoms with Crippen LogP contribution in [0, 0.1) is 0 Å². The molecule has 2 aromatic heterocycles. The number of carbonyl (C=O) groups excluding carboxylic acids is 2. The Morgan fingerprint density at radius 1 is 1.09 bits per heavy atom. The maximum atomic E-state index is 13.7. The summed E-state index contributed by atoms with van der Waals surface area (Å²) in [6.45, 7) is 4.30. The predicted octanol–water partition coefficient (Wildman–Crippen LogP) is 5.77. The first-order chi connectivity index (χ1) is 16.4. The number of anilines is 1. The fourth-order valence-corrected chi connectivity index (χ4v) is 3.94. The lowest BCUT2D eigenvalue weighted by Gasteiger charge is -2.33. The van der Waals surface area contributed by atoms with Gasteiger partial charge in [-0.15, -0.1) is 0 Å². The Morgan fingerprint density at radius 2 is 1.77 bits per heavy atom. The predicted molar refractivity (Wildman–Crippen MR) is 124 cm³/mol. The summed E-state index contributed by atoms with van der Waals surface area (Å²) in [7, 11) is 0. The fraction of sp³-hybridized carbons (Fsp3) is 0.292. The third-order valence-corrected chi connectivity index (χ3v) is 5.42. The van der Waals surface area contributed by atoms with E-state index < -0.39 is 42.1 Å². The van der Waals surface area contributed by atoms with E-state index in [2.05, 4.69) is 10.3 Å². The van der Waals surface area contributed by atoms with Crippen molar-refractivity contribution in [1.29, 1.82) is 0 Å². The summed E-state index contributed by atoms with van der Waals surface area (Å²) >= 11 is 1.32. The van der Waals surface area contributed by atoms with E-state index in [1.807, 2.05) is 0 Å². The lowest BCUT2D eigenvalue weighted by atomic mass is 10.0. The number of hydrogen-bond acceptors (Lipinski definition) is 5. The molecular formula is C24H23F4N3O3S. The number of aromatic nitrogens is 1. The molecule has 0 aliphatic rings. The summed E-state index contributed by atoms with van der Waals surface area (Å²) in [6, 6.07) is 8.02. The van der Waals surface area contributed by atoms with Crippen LogP contribution in [0.1, 0.15) is 48.4 Å². The molecule has 2 amide bonds. The van der Waals surface area contributed by atoms with E-state index in [1.165, 1.54) is 40.5 Å². The summed E-state index contributed by atoms with van der Waals surface area (Å²) in [5.41, 5.74) is -1.16. The van der Waals surface area contributed by atoms with E-state index in [9.17, 15) is 27.2 Å². The molecule has 0 spiro atoms. The van der Waals surface area contributed by atoms with Crippen molar-refractivity contribution in [3.63, 3.8) is 0 Å². The second kappa shape index (κ2) is 10.4. The van der Waals surface area contributed by atoms with Gasteiger partial charge < -0.3 is 10.1 Å². The summed E-state index contributed by atoms with van der Waals surface area (Å²) in [4.78, 5) is 31.6. The lowest BCUT2D eigenvalue weighted by Crippen LogP contribution is -2.49. The molecule has 0 aliphatic heterocycles. The second-order valence-corrected chi connectivity index (χ2v) is 9.33. The molecule has 1 unspecified atom stereocenters. The Bertz CT molecular complexity index is 1140. The SMILES string of the molecule is CC(C)(C)NC(=O)C(c1ccsc1)N(C(=O)c1ccc(C(F)(F)F)nc1)c1ccc(OCF)cc1. The Hall–Kier alpha value is -3.47. The molecule has 6 nitrogen and oxygen atoms in total. The highest BCUT2D eigenvalue weighted by molar-refractivity contribution is 7.08. The van der Waals surface area contributed by atoms with Crippen molar-refractivity contribution in [2.24, 2.45) is 0 Å². The molecule has 0 bridgehead atoms. The van der Waals surface area contributed by atoms with E-state index in [0.717, 1.165) is 12.3 Å². The normalized spacial score (nSPS) is 12.7. The smallest absolute Gasteiger partial charge is 0.433 e. The lowest BCUT2D eigenvalue weighted by molar-refractivity contribution is -0.141. The molecule has 1 N–H and O–H groups in total. The molecule has 0 saturated heterocycles. The molecular weight excluding hydrogens is 486 g/mol. The Kier molecular flexibility index (Phi) is 7.79. The fourth-order valence-electron chi connectivity index (χ4n) is 3.26. The zero-order valence-electron chi connectivity index (χ0n) is 19.1. The van der Waals surface area contributed by atoms with Crippen LogP contribution in [-0.4, -0.2) is 29.2 Å². The number of nitrogens with zero attached hydrogens (tertiary/aromatic N) is 2. The van der Waals surface area contributed by atoms with Crippen LogP contribution in [0.25, 0.3) is 0 Å². The van der Waals surface area contributed by atoms with E-state index in [-0.39, 0.29) is 17.0 Å². The summed E-state index contributed by atoms with van der Waals surface area (Å²) in [5, 5.41) is 6.31. The van der Waals surface area contributed by atoms with Gasteiger partial charge in [0.1, 0.15) is 17.5 Å². The Balaban J connectivity index is 2.12. The van der Waals surface area contributed by atoms with Crippen molar-refractivity contribution >= 4 is 28.8 Å². The molecule has 3 rings (SSSR count). The van der Waals surface area contributed by atoms with E-state index in [0.29, 0.717) is 11.6 Å². The first-order valence-electron chi connectivity index (χ1n) is 10.4. The number of hydrogen-bond donors (Lipinski definition) is 1. The molecule has 186 valence electrons. The highest BCUT2D eigenvalue weighted by Crippen LogP contribution is 2.33. The van der Waals surface area contributed by atoms with Crippen LogP contribution in [0.5, 0.6) is 5.75 Å². The van der Waals surface area contributed by atoms with E-state index in [4.69, 9.17) is 4.74 Å². The quantitative estimate of drug-likeness (QED) is 0.411. The maximum absolute atomic E-state index is 13.7. The zero-order valence-corrected chi connectivity index (χ0v) is 19.9. The Morgan fingerprint density at radius 3 is 2.26 bits per heavy atom. The minimum absolute atomic E-state index is 0.147. The van der Waals surface area contributed by atoms with Gasteiger partial charge in [0.25, 0.3) is 5.91 Å². The van der Waals surface area contributed by atoms with Gasteiger partial charge in [-0.1, -0.05) is 0 Å². The topological polar surface area (TPSA) is 71.5 Å². The van der Waals surface area contributed by atoms with Crippen LogP contribution in [0.4, 0.5) is 23.2 Å². The number of amides is 2.